The van der Waals surface area contributed by atoms with Gasteiger partial charge in [-0.1, -0.05) is 0 Å². The lowest BCUT2D eigenvalue weighted by Crippen LogP contribution is -2.49. The molecule has 112 valence electrons. The van der Waals surface area contributed by atoms with E-state index in [4.69, 9.17) is 10.2 Å². The van der Waals surface area contributed by atoms with Gasteiger partial charge in [-0.05, 0) is 27.2 Å². The summed E-state index contributed by atoms with van der Waals surface area (Å²) in [4.78, 5) is 24.0. The maximum absolute atomic E-state index is 11.9. The minimum absolute atomic E-state index is 0.00672. The molecule has 0 spiro atoms. The number of carbonyl (C=O) groups is 2. The van der Waals surface area contributed by atoms with Crippen LogP contribution in [0, 0.1) is 0 Å². The Balaban J connectivity index is 4.36. The van der Waals surface area contributed by atoms with E-state index in [1.165, 1.54) is 11.8 Å². The van der Waals surface area contributed by atoms with Crippen LogP contribution in [0.3, 0.4) is 0 Å². The van der Waals surface area contributed by atoms with Crippen LogP contribution in [0.2, 0.25) is 0 Å². The average Bonchev–Trinajstić information content (AvgIpc) is 2.25. The summed E-state index contributed by atoms with van der Waals surface area (Å²) in [7, 11) is 0. The number of carboxylic acid groups (broad SMARTS) is 1. The first kappa shape index (κ1) is 17.7. The highest BCUT2D eigenvalue weighted by Crippen LogP contribution is 2.08. The van der Waals surface area contributed by atoms with Gasteiger partial charge >= 0.3 is 12.0 Å². The second-order valence-corrected chi connectivity index (χ2v) is 5.09. The van der Waals surface area contributed by atoms with Crippen molar-refractivity contribution in [2.24, 2.45) is 0 Å². The number of amides is 2. The molecule has 0 aliphatic carbocycles. The van der Waals surface area contributed by atoms with Gasteiger partial charge in [0.15, 0.2) is 0 Å². The molecule has 0 saturated heterocycles. The third-order valence-corrected chi connectivity index (χ3v) is 2.59. The number of aliphatic hydroxyl groups excluding tert-OH is 1. The third-order valence-electron chi connectivity index (χ3n) is 2.59. The fourth-order valence-electron chi connectivity index (χ4n) is 1.59. The Morgan fingerprint density at radius 3 is 2.37 bits per heavy atom. The SMILES string of the molecule is CC(C)N(CCCO)C(=O)NCC(C)(O)CC(=O)O. The molecule has 0 aliphatic rings. The highest BCUT2D eigenvalue weighted by molar-refractivity contribution is 5.74. The zero-order chi connectivity index (χ0) is 15.1. The Morgan fingerprint density at radius 2 is 1.95 bits per heavy atom. The molecule has 0 aromatic heterocycles. The fraction of sp³-hybridized carbons (Fsp3) is 0.833. The summed E-state index contributed by atoms with van der Waals surface area (Å²) in [5, 5.41) is 29.7. The average molecular weight is 276 g/mol. The van der Waals surface area contributed by atoms with Gasteiger partial charge in [-0.3, -0.25) is 4.79 Å². The van der Waals surface area contributed by atoms with Crippen LogP contribution in [-0.2, 0) is 4.79 Å². The Morgan fingerprint density at radius 1 is 1.37 bits per heavy atom. The molecule has 0 rings (SSSR count). The molecule has 1 atom stereocenters. The third kappa shape index (κ3) is 7.63. The summed E-state index contributed by atoms with van der Waals surface area (Å²) in [6.45, 7) is 5.29. The van der Waals surface area contributed by atoms with E-state index in [1.54, 1.807) is 0 Å². The van der Waals surface area contributed by atoms with Crippen LogP contribution >= 0.6 is 0 Å². The number of carbonyl (C=O) groups excluding carboxylic acids is 1. The second kappa shape index (κ2) is 7.96. The Bertz CT molecular complexity index is 304. The van der Waals surface area contributed by atoms with Crippen molar-refractivity contribution < 1.29 is 24.9 Å². The molecule has 2 amide bonds. The van der Waals surface area contributed by atoms with Crippen LogP contribution in [0.25, 0.3) is 0 Å². The van der Waals surface area contributed by atoms with E-state index in [2.05, 4.69) is 5.32 Å². The van der Waals surface area contributed by atoms with E-state index >= 15 is 0 Å². The largest absolute Gasteiger partial charge is 0.481 e. The van der Waals surface area contributed by atoms with E-state index in [9.17, 15) is 14.7 Å². The van der Waals surface area contributed by atoms with Gasteiger partial charge in [0.1, 0.15) is 0 Å². The molecule has 0 heterocycles. The number of carboxylic acids is 1. The zero-order valence-electron chi connectivity index (χ0n) is 11.7. The molecule has 0 aliphatic heterocycles. The molecule has 4 N–H and O–H groups in total. The van der Waals surface area contributed by atoms with E-state index < -0.39 is 18.0 Å². The summed E-state index contributed by atoms with van der Waals surface area (Å²) in [6, 6.07) is -0.426. The topological polar surface area (TPSA) is 110 Å². The van der Waals surface area contributed by atoms with Gasteiger partial charge in [-0.15, -0.1) is 0 Å². The number of aliphatic carboxylic acids is 1. The summed E-state index contributed by atoms with van der Waals surface area (Å²) in [6.07, 6.45) is 0.0305. The first-order chi connectivity index (χ1) is 8.69. The molecule has 7 nitrogen and oxygen atoms in total. The van der Waals surface area contributed by atoms with Crippen molar-refractivity contribution in [3.8, 4) is 0 Å². The van der Waals surface area contributed by atoms with Gasteiger partial charge in [0.05, 0.1) is 12.0 Å². The normalized spacial score (nSPS) is 14.0. The van der Waals surface area contributed by atoms with Crippen LogP contribution in [0.4, 0.5) is 4.79 Å². The molecule has 19 heavy (non-hydrogen) atoms. The van der Waals surface area contributed by atoms with E-state index in [0.717, 1.165) is 0 Å². The smallest absolute Gasteiger partial charge is 0.317 e. The molecule has 0 radical (unpaired) electrons. The lowest BCUT2D eigenvalue weighted by Gasteiger charge is -2.29. The highest BCUT2D eigenvalue weighted by Gasteiger charge is 2.26. The molecule has 0 aromatic rings. The molecule has 1 unspecified atom stereocenters. The van der Waals surface area contributed by atoms with Crippen molar-refractivity contribution >= 4 is 12.0 Å². The van der Waals surface area contributed by atoms with Crippen molar-refractivity contribution in [2.45, 2.75) is 45.3 Å². The Kier molecular flexibility index (Phi) is 7.40. The van der Waals surface area contributed by atoms with Gasteiger partial charge in [-0.25, -0.2) is 4.79 Å². The molecule has 0 bridgehead atoms. The number of nitrogens with zero attached hydrogens (tertiary/aromatic N) is 1. The predicted molar refractivity (Wildman–Crippen MR) is 69.8 cm³/mol. The minimum atomic E-state index is -1.48. The van der Waals surface area contributed by atoms with Crippen molar-refractivity contribution in [1.29, 1.82) is 0 Å². The van der Waals surface area contributed by atoms with Crippen molar-refractivity contribution in [3.63, 3.8) is 0 Å². The number of hydrogen-bond acceptors (Lipinski definition) is 4. The minimum Gasteiger partial charge on any atom is -0.481 e. The standard InChI is InChI=1S/C12H24N2O5/c1-9(2)14(5-4-6-15)11(18)13-8-12(3,19)7-10(16)17/h9,15,19H,4-8H2,1-3H3,(H,13,18)(H,16,17). The number of rotatable bonds is 8. The Labute approximate surface area is 113 Å². The summed E-state index contributed by atoms with van der Waals surface area (Å²) in [5.41, 5.74) is -1.48. The lowest BCUT2D eigenvalue weighted by atomic mass is 10.0. The highest BCUT2D eigenvalue weighted by atomic mass is 16.4. The van der Waals surface area contributed by atoms with Gasteiger partial charge in [0, 0.05) is 25.7 Å². The lowest BCUT2D eigenvalue weighted by molar-refractivity contribution is -0.141. The van der Waals surface area contributed by atoms with E-state index in [0.29, 0.717) is 13.0 Å². The fourth-order valence-corrected chi connectivity index (χ4v) is 1.59. The van der Waals surface area contributed by atoms with Gasteiger partial charge in [0.2, 0.25) is 0 Å². The van der Waals surface area contributed by atoms with E-state index in [1.807, 2.05) is 13.8 Å². The maximum atomic E-state index is 11.9. The van der Waals surface area contributed by atoms with Gasteiger partial charge in [0.25, 0.3) is 0 Å². The zero-order valence-corrected chi connectivity index (χ0v) is 11.7. The summed E-state index contributed by atoms with van der Waals surface area (Å²) >= 11 is 0. The van der Waals surface area contributed by atoms with Gasteiger partial charge in [-0.2, -0.15) is 0 Å². The van der Waals surface area contributed by atoms with Crippen LogP contribution in [0.1, 0.15) is 33.6 Å². The number of hydrogen-bond donors (Lipinski definition) is 4. The molecular weight excluding hydrogens is 252 g/mol. The van der Waals surface area contributed by atoms with Crippen molar-refractivity contribution in [1.82, 2.24) is 10.2 Å². The molecule has 7 heteroatoms. The van der Waals surface area contributed by atoms with Crippen molar-refractivity contribution in [3.05, 3.63) is 0 Å². The van der Waals surface area contributed by atoms with Crippen LogP contribution in [0.5, 0.6) is 0 Å². The Hall–Kier alpha value is -1.34. The second-order valence-electron chi connectivity index (χ2n) is 5.09. The molecule has 0 saturated carbocycles. The van der Waals surface area contributed by atoms with Crippen LogP contribution in [-0.4, -0.2) is 63.6 Å². The van der Waals surface area contributed by atoms with Crippen LogP contribution < -0.4 is 5.32 Å². The summed E-state index contributed by atoms with van der Waals surface area (Å²) in [5.74, 6) is -1.12. The van der Waals surface area contributed by atoms with Gasteiger partial charge < -0.3 is 25.5 Å². The first-order valence-electron chi connectivity index (χ1n) is 6.29. The molecule has 0 aromatic carbocycles. The molecular formula is C12H24N2O5. The molecule has 0 fully saturated rings. The number of nitrogens with one attached hydrogen (secondary N) is 1. The number of urea groups is 1. The van der Waals surface area contributed by atoms with Crippen molar-refractivity contribution in [2.75, 3.05) is 19.7 Å². The maximum Gasteiger partial charge on any atom is 0.317 e. The monoisotopic (exact) mass is 276 g/mol. The quantitative estimate of drug-likeness (QED) is 0.499. The van der Waals surface area contributed by atoms with Crippen LogP contribution in [0.15, 0.2) is 0 Å². The van der Waals surface area contributed by atoms with E-state index in [-0.39, 0.29) is 25.2 Å². The summed E-state index contributed by atoms with van der Waals surface area (Å²) < 4.78 is 0. The number of aliphatic hydroxyl groups is 2. The first-order valence-corrected chi connectivity index (χ1v) is 6.29. The predicted octanol–water partition coefficient (Wildman–Crippen LogP) is 0.0145.